The zero-order valence-corrected chi connectivity index (χ0v) is 13.1. The number of fused-ring (bicyclic) bond motifs is 4. The highest BCUT2D eigenvalue weighted by atomic mass is 16.3. The summed E-state index contributed by atoms with van der Waals surface area (Å²) in [5, 5.41) is 49.4. The minimum Gasteiger partial charge on any atom is -0.507 e. The number of benzene rings is 2. The average Bonchev–Trinajstić information content (AvgIpc) is 3.15. The molecule has 0 saturated heterocycles. The van der Waals surface area contributed by atoms with Gasteiger partial charge in [-0.1, -0.05) is 19.1 Å². The normalized spacial score (nSPS) is 23.8. The van der Waals surface area contributed by atoms with Crippen LogP contribution in [-0.2, 0) is 0 Å². The molecule has 0 bridgehead atoms. The molecule has 0 unspecified atom stereocenters. The Morgan fingerprint density at radius 2 is 1.88 bits per heavy atom. The topological polar surface area (TPSA) is 127 Å². The number of H-pyrrole nitrogens is 1. The van der Waals surface area contributed by atoms with Crippen molar-refractivity contribution in [1.82, 2.24) is 10.2 Å². The van der Waals surface area contributed by atoms with E-state index in [1.807, 2.05) is 0 Å². The van der Waals surface area contributed by atoms with Crippen molar-refractivity contribution in [3.63, 3.8) is 0 Å². The van der Waals surface area contributed by atoms with Crippen molar-refractivity contribution in [3.05, 3.63) is 40.6 Å². The van der Waals surface area contributed by atoms with Crippen LogP contribution in [-0.4, -0.2) is 42.5 Å². The third-order valence-corrected chi connectivity index (χ3v) is 5.40. The molecule has 2 aromatic carbocycles. The first kappa shape index (κ1) is 14.4. The number of aliphatic hydroxyl groups is 2. The van der Waals surface area contributed by atoms with E-state index in [9.17, 15) is 25.2 Å². The molecule has 7 nitrogen and oxygen atoms in total. The summed E-state index contributed by atoms with van der Waals surface area (Å²) in [5.74, 6) is -1.19. The Bertz CT molecular complexity index is 1100. The third kappa shape index (κ3) is 1.48. The second-order valence-electron chi connectivity index (χ2n) is 6.63. The molecule has 2 aliphatic carbocycles. The maximum atomic E-state index is 13.0. The van der Waals surface area contributed by atoms with Crippen LogP contribution in [0.15, 0.2) is 18.2 Å². The highest BCUT2D eigenvalue weighted by Gasteiger charge is 2.44. The number of carbonyl (C=O) groups excluding carboxylic acids is 1. The zero-order chi connectivity index (χ0) is 17.6. The lowest BCUT2D eigenvalue weighted by Gasteiger charge is -2.30. The van der Waals surface area contributed by atoms with E-state index >= 15 is 0 Å². The van der Waals surface area contributed by atoms with Crippen LogP contribution in [0.3, 0.4) is 0 Å². The maximum Gasteiger partial charge on any atom is 0.194 e. The van der Waals surface area contributed by atoms with Gasteiger partial charge in [-0.05, 0) is 6.07 Å². The van der Waals surface area contributed by atoms with Gasteiger partial charge in [-0.3, -0.25) is 9.89 Å². The van der Waals surface area contributed by atoms with Crippen molar-refractivity contribution in [2.45, 2.75) is 25.0 Å². The van der Waals surface area contributed by atoms with Gasteiger partial charge in [0, 0.05) is 44.8 Å². The number of aromatic hydroxyl groups is 2. The van der Waals surface area contributed by atoms with E-state index in [4.69, 9.17) is 0 Å². The molecule has 0 fully saturated rings. The zero-order valence-electron chi connectivity index (χ0n) is 13.1. The molecule has 3 atom stereocenters. The molecule has 126 valence electrons. The molecular formula is C18H14N2O5. The van der Waals surface area contributed by atoms with E-state index in [2.05, 4.69) is 10.2 Å². The van der Waals surface area contributed by atoms with Crippen molar-refractivity contribution in [2.75, 3.05) is 0 Å². The van der Waals surface area contributed by atoms with E-state index in [1.165, 1.54) is 6.07 Å². The molecule has 1 aromatic heterocycles. The number of hydrogen-bond donors (Lipinski definition) is 5. The minimum atomic E-state index is -1.29. The number of aromatic nitrogens is 2. The number of carbonyl (C=O) groups is 1. The molecule has 5 N–H and O–H groups in total. The minimum absolute atomic E-state index is 0.114. The monoisotopic (exact) mass is 338 g/mol. The molecule has 0 radical (unpaired) electrons. The van der Waals surface area contributed by atoms with Crippen LogP contribution in [0, 0.1) is 0 Å². The lowest BCUT2D eigenvalue weighted by atomic mass is 9.79. The first-order valence-corrected chi connectivity index (χ1v) is 7.93. The van der Waals surface area contributed by atoms with Crippen molar-refractivity contribution in [3.8, 4) is 22.6 Å². The fraction of sp³-hybridized carbons (Fsp3) is 0.222. The predicted molar refractivity (Wildman–Crippen MR) is 87.7 cm³/mol. The van der Waals surface area contributed by atoms with Gasteiger partial charge >= 0.3 is 0 Å². The number of aliphatic hydroxyl groups excluding tert-OH is 2. The first-order chi connectivity index (χ1) is 11.9. The number of phenolic OH excluding ortho intramolecular Hbond substituents is 2. The summed E-state index contributed by atoms with van der Waals surface area (Å²) in [4.78, 5) is 13.0. The molecule has 0 aliphatic heterocycles. The summed E-state index contributed by atoms with van der Waals surface area (Å²) in [6.45, 7) is 1.73. The van der Waals surface area contributed by atoms with Crippen LogP contribution in [0.4, 0.5) is 0 Å². The molecule has 7 heteroatoms. The van der Waals surface area contributed by atoms with Crippen LogP contribution in [0.2, 0.25) is 0 Å². The summed E-state index contributed by atoms with van der Waals surface area (Å²) in [5.41, 5.74) is 1.77. The van der Waals surface area contributed by atoms with Gasteiger partial charge in [-0.15, -0.1) is 0 Å². The van der Waals surface area contributed by atoms with E-state index in [1.54, 1.807) is 19.1 Å². The fourth-order valence-corrected chi connectivity index (χ4v) is 4.14. The Balaban J connectivity index is 2.02. The number of nitrogens with zero attached hydrogens (tertiary/aromatic N) is 1. The number of ketones is 1. The SMILES string of the molecule is C[C@H]1c2[nH]nc3c(O)c4c(c(c23)[C@@H](O)[C@@H]1O)C(=O)c1cccc(O)c1-4. The summed E-state index contributed by atoms with van der Waals surface area (Å²) in [6, 6.07) is 4.54. The molecular weight excluding hydrogens is 324 g/mol. The smallest absolute Gasteiger partial charge is 0.194 e. The van der Waals surface area contributed by atoms with E-state index in [0.717, 1.165) is 0 Å². The Hall–Kier alpha value is -2.90. The Morgan fingerprint density at radius 1 is 1.12 bits per heavy atom. The van der Waals surface area contributed by atoms with Crippen molar-refractivity contribution in [1.29, 1.82) is 0 Å². The van der Waals surface area contributed by atoms with Crippen LogP contribution >= 0.6 is 0 Å². The molecule has 25 heavy (non-hydrogen) atoms. The standard InChI is InChI=1S/C18H14N2O5/c1-5-13-12-11(18(25)15(5)22)10-9(17(24)14(12)20-19-13)8-6(16(10)23)3-2-4-7(8)21/h2-5,15,18,21-22,24-25H,1H3,(H,19,20)/t5-,15+,18+/m0/s1. The van der Waals surface area contributed by atoms with Crippen LogP contribution in [0.1, 0.15) is 46.1 Å². The van der Waals surface area contributed by atoms with Crippen LogP contribution in [0.25, 0.3) is 22.0 Å². The van der Waals surface area contributed by atoms with Gasteiger partial charge in [0.15, 0.2) is 11.5 Å². The Morgan fingerprint density at radius 3 is 2.64 bits per heavy atom. The summed E-state index contributed by atoms with van der Waals surface area (Å²) < 4.78 is 0. The highest BCUT2D eigenvalue weighted by molar-refractivity contribution is 6.27. The first-order valence-electron chi connectivity index (χ1n) is 7.93. The maximum absolute atomic E-state index is 13.0. The van der Waals surface area contributed by atoms with Gasteiger partial charge in [0.05, 0.1) is 6.10 Å². The van der Waals surface area contributed by atoms with Gasteiger partial charge in [-0.25, -0.2) is 0 Å². The van der Waals surface area contributed by atoms with Gasteiger partial charge in [0.2, 0.25) is 0 Å². The molecule has 5 rings (SSSR count). The number of rotatable bonds is 0. The number of hydrogen-bond acceptors (Lipinski definition) is 6. The van der Waals surface area contributed by atoms with Gasteiger partial charge in [0.25, 0.3) is 0 Å². The lowest BCUT2D eigenvalue weighted by Crippen LogP contribution is -2.30. The van der Waals surface area contributed by atoms with Crippen LogP contribution < -0.4 is 0 Å². The summed E-state index contributed by atoms with van der Waals surface area (Å²) in [7, 11) is 0. The fourth-order valence-electron chi connectivity index (χ4n) is 4.14. The molecule has 3 aromatic rings. The largest absolute Gasteiger partial charge is 0.507 e. The van der Waals surface area contributed by atoms with Gasteiger partial charge < -0.3 is 20.4 Å². The van der Waals surface area contributed by atoms with Gasteiger partial charge in [0.1, 0.15) is 17.4 Å². The highest BCUT2D eigenvalue weighted by Crippen LogP contribution is 2.55. The molecule has 1 heterocycles. The van der Waals surface area contributed by atoms with Crippen LogP contribution in [0.5, 0.6) is 11.5 Å². The number of nitrogens with one attached hydrogen (secondary N) is 1. The average molecular weight is 338 g/mol. The van der Waals surface area contributed by atoms with E-state index < -0.39 is 23.9 Å². The Labute approximate surface area is 141 Å². The summed E-state index contributed by atoms with van der Waals surface area (Å²) >= 11 is 0. The quantitative estimate of drug-likeness (QED) is 0.332. The molecule has 2 aliphatic rings. The summed E-state index contributed by atoms with van der Waals surface area (Å²) in [6.07, 6.45) is -2.41. The lowest BCUT2D eigenvalue weighted by molar-refractivity contribution is 0.00135. The molecule has 0 saturated carbocycles. The van der Waals surface area contributed by atoms with E-state index in [0.29, 0.717) is 11.1 Å². The van der Waals surface area contributed by atoms with E-state index in [-0.39, 0.29) is 44.8 Å². The van der Waals surface area contributed by atoms with Gasteiger partial charge in [-0.2, -0.15) is 5.10 Å². The van der Waals surface area contributed by atoms with Crippen molar-refractivity contribution < 1.29 is 25.2 Å². The predicted octanol–water partition coefficient (Wildman–Crippen LogP) is 1.70. The van der Waals surface area contributed by atoms with Crippen molar-refractivity contribution >= 4 is 16.7 Å². The molecule has 0 spiro atoms. The third-order valence-electron chi connectivity index (χ3n) is 5.40. The number of aromatic amines is 1. The number of phenols is 2. The van der Waals surface area contributed by atoms with Crippen molar-refractivity contribution in [2.24, 2.45) is 0 Å². The molecule has 0 amide bonds. The second kappa shape index (κ2) is 4.38. The Kier molecular flexibility index (Phi) is 2.53. The second-order valence-corrected chi connectivity index (χ2v) is 6.63.